The number of thiophene rings is 1. The highest BCUT2D eigenvalue weighted by Gasteiger charge is 2.36. The molecular weight excluding hydrogens is 462 g/mol. The topological polar surface area (TPSA) is 48.4 Å². The van der Waals surface area contributed by atoms with E-state index in [-0.39, 0.29) is 11.4 Å². The lowest BCUT2D eigenvalue weighted by Gasteiger charge is -2.31. The van der Waals surface area contributed by atoms with E-state index >= 15 is 0 Å². The van der Waals surface area contributed by atoms with Crippen LogP contribution in [0.15, 0.2) is 6.08 Å². The fourth-order valence-electron chi connectivity index (χ4n) is 3.99. The van der Waals surface area contributed by atoms with Crippen molar-refractivity contribution in [3.05, 3.63) is 32.0 Å². The lowest BCUT2D eigenvalue weighted by molar-refractivity contribution is -0.166. The minimum absolute atomic E-state index is 0.275. The van der Waals surface area contributed by atoms with Gasteiger partial charge in [-0.3, -0.25) is 0 Å². The first-order valence-corrected chi connectivity index (χ1v) is 13.1. The summed E-state index contributed by atoms with van der Waals surface area (Å²) in [6.45, 7) is 16.7. The van der Waals surface area contributed by atoms with Crippen LogP contribution in [0, 0.1) is 19.3 Å². The highest BCUT2D eigenvalue weighted by Crippen LogP contribution is 2.50. The number of carbonyl (C=O) groups excluding carboxylic acids is 1. The average Bonchev–Trinajstić information content (AvgIpc) is 3.19. The number of rotatable bonds is 6. The van der Waals surface area contributed by atoms with Gasteiger partial charge in [0.25, 0.3) is 0 Å². The number of allylic oxidation sites excluding steroid dienone is 2. The molecule has 0 bridgehead atoms. The lowest BCUT2D eigenvalue weighted by atomic mass is 9.76. The summed E-state index contributed by atoms with van der Waals surface area (Å²) < 4.78 is 17.2. The number of nitrogens with zero attached hydrogens (tertiary/aromatic N) is 1. The van der Waals surface area contributed by atoms with Gasteiger partial charge in [-0.05, 0) is 83.3 Å². The Morgan fingerprint density at radius 1 is 1.31 bits per heavy atom. The van der Waals surface area contributed by atoms with Crippen molar-refractivity contribution in [2.75, 3.05) is 6.61 Å². The van der Waals surface area contributed by atoms with Gasteiger partial charge in [0.2, 0.25) is 0 Å². The molecule has 3 rings (SSSR count). The second-order valence-corrected chi connectivity index (χ2v) is 12.8. The number of hydrogen-bond acceptors (Lipinski definition) is 6. The summed E-state index contributed by atoms with van der Waals surface area (Å²) >= 11 is 9.36. The summed E-state index contributed by atoms with van der Waals surface area (Å²) in [5.74, 6) is -0.346. The van der Waals surface area contributed by atoms with Gasteiger partial charge >= 0.3 is 5.97 Å². The Morgan fingerprint density at radius 3 is 2.50 bits per heavy atom. The van der Waals surface area contributed by atoms with Gasteiger partial charge in [0.15, 0.2) is 6.10 Å². The van der Waals surface area contributed by atoms with Crippen LogP contribution in [0.5, 0.6) is 0 Å². The SMILES string of the molecule is CCOC(=O)C(OC(C)(C)C)c1c(C)sc(-c2nsc(Cl)c2C)c1C1=CCC(C)(C)CC1. The van der Waals surface area contributed by atoms with E-state index in [1.54, 1.807) is 11.3 Å². The first-order chi connectivity index (χ1) is 14.8. The van der Waals surface area contributed by atoms with Crippen LogP contribution in [0.2, 0.25) is 4.34 Å². The lowest BCUT2D eigenvalue weighted by Crippen LogP contribution is -2.29. The van der Waals surface area contributed by atoms with Gasteiger partial charge in [0.1, 0.15) is 4.34 Å². The maximum absolute atomic E-state index is 13.1. The molecule has 176 valence electrons. The van der Waals surface area contributed by atoms with E-state index in [0.717, 1.165) is 51.4 Å². The Kier molecular flexibility index (Phi) is 7.60. The molecule has 0 spiro atoms. The molecule has 0 amide bonds. The Balaban J connectivity index is 2.26. The zero-order chi connectivity index (χ0) is 23.8. The van der Waals surface area contributed by atoms with E-state index in [1.165, 1.54) is 17.1 Å². The second-order valence-electron chi connectivity index (χ2n) is 10.2. The fraction of sp³-hybridized carbons (Fsp3) is 0.600. The summed E-state index contributed by atoms with van der Waals surface area (Å²) in [7, 11) is 0. The van der Waals surface area contributed by atoms with Crippen LogP contribution in [0.1, 0.15) is 88.5 Å². The quantitative estimate of drug-likeness (QED) is 0.379. The third kappa shape index (κ3) is 5.46. The van der Waals surface area contributed by atoms with Crippen molar-refractivity contribution < 1.29 is 14.3 Å². The van der Waals surface area contributed by atoms with Crippen LogP contribution in [-0.4, -0.2) is 22.6 Å². The summed E-state index contributed by atoms with van der Waals surface area (Å²) in [4.78, 5) is 15.2. The first-order valence-electron chi connectivity index (χ1n) is 11.1. The number of carbonyl (C=O) groups is 1. The van der Waals surface area contributed by atoms with E-state index in [0.29, 0.717) is 10.9 Å². The molecular formula is C25H34ClNO3S2. The monoisotopic (exact) mass is 495 g/mol. The van der Waals surface area contributed by atoms with Crippen molar-refractivity contribution in [1.82, 2.24) is 4.37 Å². The highest BCUT2D eigenvalue weighted by atomic mass is 35.5. The van der Waals surface area contributed by atoms with Crippen LogP contribution >= 0.6 is 34.5 Å². The molecule has 1 unspecified atom stereocenters. The van der Waals surface area contributed by atoms with Gasteiger partial charge in [-0.25, -0.2) is 4.79 Å². The molecule has 2 aromatic heterocycles. The third-order valence-corrected chi connectivity index (χ3v) is 8.10. The van der Waals surface area contributed by atoms with Gasteiger partial charge in [0, 0.05) is 21.6 Å². The number of hydrogen-bond donors (Lipinski definition) is 0. The van der Waals surface area contributed by atoms with E-state index < -0.39 is 11.7 Å². The molecule has 0 aromatic carbocycles. The number of aromatic nitrogens is 1. The minimum Gasteiger partial charge on any atom is -0.464 e. The molecule has 0 N–H and O–H groups in total. The molecule has 32 heavy (non-hydrogen) atoms. The largest absolute Gasteiger partial charge is 0.464 e. The maximum atomic E-state index is 13.1. The van der Waals surface area contributed by atoms with Crippen LogP contribution < -0.4 is 0 Å². The standard InChI is InChI=1S/C25H34ClNO3S2/c1-9-29-23(28)20(30-24(4,5)6)17-15(3)31-21(19-14(2)22(26)32-27-19)18(17)16-10-12-25(7,8)13-11-16/h10,20H,9,11-13H2,1-8H3. The number of halogens is 1. The van der Waals surface area contributed by atoms with E-state index in [4.69, 9.17) is 21.1 Å². The van der Waals surface area contributed by atoms with Crippen LogP contribution in [0.4, 0.5) is 0 Å². The number of esters is 1. The van der Waals surface area contributed by atoms with Crippen molar-refractivity contribution in [2.24, 2.45) is 5.41 Å². The first kappa shape index (κ1) is 25.4. The van der Waals surface area contributed by atoms with Gasteiger partial charge in [-0.1, -0.05) is 31.5 Å². The van der Waals surface area contributed by atoms with Crippen molar-refractivity contribution >= 4 is 46.0 Å². The predicted molar refractivity (Wildman–Crippen MR) is 136 cm³/mol. The highest BCUT2D eigenvalue weighted by molar-refractivity contribution is 7.16. The zero-order valence-corrected chi connectivity index (χ0v) is 22.7. The van der Waals surface area contributed by atoms with Crippen LogP contribution in [0.25, 0.3) is 16.1 Å². The number of aryl methyl sites for hydroxylation is 1. The smallest absolute Gasteiger partial charge is 0.340 e. The summed E-state index contributed by atoms with van der Waals surface area (Å²) in [5.41, 5.74) is 4.89. The molecule has 2 heterocycles. The van der Waals surface area contributed by atoms with Gasteiger partial charge in [-0.2, -0.15) is 4.37 Å². The van der Waals surface area contributed by atoms with Crippen molar-refractivity contribution in [1.29, 1.82) is 0 Å². The predicted octanol–water partition coefficient (Wildman–Crippen LogP) is 8.15. The normalized spacial score (nSPS) is 17.2. The van der Waals surface area contributed by atoms with Gasteiger partial charge < -0.3 is 9.47 Å². The van der Waals surface area contributed by atoms with Gasteiger partial charge in [0.05, 0.1) is 22.8 Å². The number of ether oxygens (including phenoxy) is 2. The second kappa shape index (κ2) is 9.57. The Labute approximate surface area is 205 Å². The van der Waals surface area contributed by atoms with Crippen molar-refractivity contribution in [2.45, 2.75) is 86.4 Å². The van der Waals surface area contributed by atoms with Crippen molar-refractivity contribution in [3.8, 4) is 10.6 Å². The molecule has 7 heteroatoms. The Bertz CT molecular complexity index is 1030. The van der Waals surface area contributed by atoms with E-state index in [9.17, 15) is 4.79 Å². The molecule has 1 aliphatic rings. The molecule has 0 fully saturated rings. The minimum atomic E-state index is -0.791. The van der Waals surface area contributed by atoms with E-state index in [2.05, 4.69) is 31.2 Å². The molecule has 1 aliphatic carbocycles. The Hall–Kier alpha value is -1.21. The summed E-state index contributed by atoms with van der Waals surface area (Å²) in [6, 6.07) is 0. The fourth-order valence-corrected chi connectivity index (χ4v) is 6.13. The zero-order valence-electron chi connectivity index (χ0n) is 20.3. The molecule has 2 aromatic rings. The molecule has 1 atom stereocenters. The molecule has 0 radical (unpaired) electrons. The molecule has 4 nitrogen and oxygen atoms in total. The van der Waals surface area contributed by atoms with Crippen LogP contribution in [-0.2, 0) is 14.3 Å². The Morgan fingerprint density at radius 2 is 2.00 bits per heavy atom. The summed E-state index contributed by atoms with van der Waals surface area (Å²) in [6.07, 6.45) is 4.58. The van der Waals surface area contributed by atoms with E-state index in [1.807, 2.05) is 34.6 Å². The summed E-state index contributed by atoms with van der Waals surface area (Å²) in [5, 5.41) is 0. The third-order valence-electron chi connectivity index (χ3n) is 5.74. The van der Waals surface area contributed by atoms with Crippen LogP contribution in [0.3, 0.4) is 0 Å². The van der Waals surface area contributed by atoms with Crippen molar-refractivity contribution in [3.63, 3.8) is 0 Å². The molecule has 0 aliphatic heterocycles. The van der Waals surface area contributed by atoms with Gasteiger partial charge in [-0.15, -0.1) is 11.3 Å². The molecule has 0 saturated heterocycles. The maximum Gasteiger partial charge on any atom is 0.340 e. The average molecular weight is 496 g/mol. The molecule has 0 saturated carbocycles.